The average Bonchev–Trinajstić information content (AvgIpc) is 3.18. The van der Waals surface area contributed by atoms with E-state index >= 15 is 0 Å². The molecule has 0 atom stereocenters. The van der Waals surface area contributed by atoms with Gasteiger partial charge in [0.15, 0.2) is 11.2 Å². The van der Waals surface area contributed by atoms with Crippen LogP contribution in [0, 0.1) is 0 Å². The standard InChI is InChI=1S/C22H22N4O4/c1-4-25-21(27)19-20(26(22(25)28)16-9-7-10-17(12-16)29-2)23-14-24(19)13-15-8-5-6-11-18(15)30-3/h5-12,14H,4,13H2,1-3H3. The maximum absolute atomic E-state index is 13.1. The van der Waals surface area contributed by atoms with Crippen LogP contribution < -0.4 is 20.7 Å². The second-order valence-electron chi connectivity index (χ2n) is 6.73. The Labute approximate surface area is 172 Å². The summed E-state index contributed by atoms with van der Waals surface area (Å²) in [5.41, 5.74) is 1.33. The fraction of sp³-hybridized carbons (Fsp3) is 0.227. The number of imidazole rings is 1. The number of aromatic nitrogens is 4. The van der Waals surface area contributed by atoms with E-state index in [0.717, 1.165) is 11.3 Å². The number of hydrogen-bond acceptors (Lipinski definition) is 5. The molecule has 4 rings (SSSR count). The van der Waals surface area contributed by atoms with Gasteiger partial charge in [0.05, 0.1) is 32.8 Å². The van der Waals surface area contributed by atoms with Crippen LogP contribution in [0.15, 0.2) is 64.4 Å². The molecule has 2 aromatic heterocycles. The van der Waals surface area contributed by atoms with Gasteiger partial charge in [0, 0.05) is 18.2 Å². The predicted molar refractivity (Wildman–Crippen MR) is 114 cm³/mol. The van der Waals surface area contributed by atoms with Gasteiger partial charge in [-0.05, 0) is 25.1 Å². The summed E-state index contributed by atoms with van der Waals surface area (Å²) in [6.45, 7) is 2.40. The fourth-order valence-electron chi connectivity index (χ4n) is 3.58. The molecule has 154 valence electrons. The summed E-state index contributed by atoms with van der Waals surface area (Å²) >= 11 is 0. The summed E-state index contributed by atoms with van der Waals surface area (Å²) in [7, 11) is 3.17. The van der Waals surface area contributed by atoms with Crippen molar-refractivity contribution >= 4 is 11.2 Å². The Morgan fingerprint density at radius 2 is 1.80 bits per heavy atom. The molecular formula is C22H22N4O4. The van der Waals surface area contributed by atoms with Gasteiger partial charge in [-0.15, -0.1) is 0 Å². The Balaban J connectivity index is 1.98. The van der Waals surface area contributed by atoms with Gasteiger partial charge in [-0.25, -0.2) is 14.3 Å². The molecule has 8 heteroatoms. The molecule has 0 N–H and O–H groups in total. The maximum Gasteiger partial charge on any atom is 0.337 e. The SMILES string of the molecule is CCn1c(=O)c2c(ncn2Cc2ccccc2OC)n(-c2cccc(OC)c2)c1=O. The predicted octanol–water partition coefficient (Wildman–Crippen LogP) is 2.43. The average molecular weight is 406 g/mol. The van der Waals surface area contributed by atoms with Crippen molar-refractivity contribution < 1.29 is 9.47 Å². The van der Waals surface area contributed by atoms with Crippen LogP contribution in [0.3, 0.4) is 0 Å². The second kappa shape index (κ2) is 7.90. The summed E-state index contributed by atoms with van der Waals surface area (Å²) in [4.78, 5) is 30.7. The largest absolute Gasteiger partial charge is 0.497 e. The zero-order valence-corrected chi connectivity index (χ0v) is 17.0. The first-order chi connectivity index (χ1) is 14.6. The summed E-state index contributed by atoms with van der Waals surface area (Å²) < 4.78 is 15.1. The lowest BCUT2D eigenvalue weighted by Gasteiger charge is -2.13. The van der Waals surface area contributed by atoms with Crippen molar-refractivity contribution in [3.05, 3.63) is 81.3 Å². The smallest absolute Gasteiger partial charge is 0.337 e. The zero-order valence-electron chi connectivity index (χ0n) is 17.0. The fourth-order valence-corrected chi connectivity index (χ4v) is 3.58. The molecule has 4 aromatic rings. The van der Waals surface area contributed by atoms with E-state index in [1.54, 1.807) is 56.3 Å². The van der Waals surface area contributed by atoms with Gasteiger partial charge >= 0.3 is 5.69 Å². The zero-order chi connectivity index (χ0) is 21.3. The van der Waals surface area contributed by atoms with Gasteiger partial charge in [0.2, 0.25) is 0 Å². The van der Waals surface area contributed by atoms with Gasteiger partial charge in [0.25, 0.3) is 5.56 Å². The summed E-state index contributed by atoms with van der Waals surface area (Å²) in [5, 5.41) is 0. The highest BCUT2D eigenvalue weighted by Gasteiger charge is 2.19. The molecule has 8 nitrogen and oxygen atoms in total. The molecule has 0 amide bonds. The van der Waals surface area contributed by atoms with Crippen LogP contribution >= 0.6 is 0 Å². The minimum Gasteiger partial charge on any atom is -0.497 e. The minimum atomic E-state index is -0.439. The normalized spacial score (nSPS) is 11.0. The quantitative estimate of drug-likeness (QED) is 0.491. The summed E-state index contributed by atoms with van der Waals surface area (Å²) in [6.07, 6.45) is 1.58. The Morgan fingerprint density at radius 1 is 1.00 bits per heavy atom. The van der Waals surface area contributed by atoms with E-state index in [4.69, 9.17) is 9.47 Å². The van der Waals surface area contributed by atoms with Crippen LogP contribution in [0.1, 0.15) is 12.5 Å². The number of methoxy groups -OCH3 is 2. The monoisotopic (exact) mass is 406 g/mol. The lowest BCUT2D eigenvalue weighted by Crippen LogP contribution is -2.39. The van der Waals surface area contributed by atoms with Crippen LogP contribution in [0.5, 0.6) is 11.5 Å². The molecule has 0 radical (unpaired) electrons. The molecule has 2 heterocycles. The second-order valence-corrected chi connectivity index (χ2v) is 6.73. The third-order valence-corrected chi connectivity index (χ3v) is 5.06. The van der Waals surface area contributed by atoms with Crippen LogP contribution in [-0.4, -0.2) is 32.9 Å². The van der Waals surface area contributed by atoms with E-state index < -0.39 is 5.69 Å². The number of ether oxygens (including phenoxy) is 2. The van der Waals surface area contributed by atoms with Crippen LogP contribution in [0.25, 0.3) is 16.9 Å². The van der Waals surface area contributed by atoms with Crippen molar-refractivity contribution in [3.63, 3.8) is 0 Å². The van der Waals surface area contributed by atoms with E-state index in [0.29, 0.717) is 29.1 Å². The molecule has 0 spiro atoms. The van der Waals surface area contributed by atoms with Crippen LogP contribution in [0.4, 0.5) is 0 Å². The topological polar surface area (TPSA) is 80.3 Å². The van der Waals surface area contributed by atoms with E-state index in [-0.39, 0.29) is 12.1 Å². The van der Waals surface area contributed by atoms with Crippen molar-refractivity contribution in [2.45, 2.75) is 20.0 Å². The van der Waals surface area contributed by atoms with Gasteiger partial charge in [-0.2, -0.15) is 0 Å². The van der Waals surface area contributed by atoms with Crippen LogP contribution in [-0.2, 0) is 13.1 Å². The van der Waals surface area contributed by atoms with Crippen molar-refractivity contribution in [2.24, 2.45) is 0 Å². The van der Waals surface area contributed by atoms with E-state index in [1.165, 1.54) is 9.13 Å². The molecule has 0 unspecified atom stereocenters. The number of hydrogen-bond donors (Lipinski definition) is 0. The number of rotatable bonds is 6. The van der Waals surface area contributed by atoms with Crippen molar-refractivity contribution in [1.82, 2.24) is 18.7 Å². The third kappa shape index (κ3) is 3.16. The summed E-state index contributed by atoms with van der Waals surface area (Å²) in [5.74, 6) is 1.33. The molecule has 30 heavy (non-hydrogen) atoms. The van der Waals surface area contributed by atoms with E-state index in [9.17, 15) is 9.59 Å². The first-order valence-electron chi connectivity index (χ1n) is 9.56. The molecule has 0 fully saturated rings. The number of benzene rings is 2. The highest BCUT2D eigenvalue weighted by Crippen LogP contribution is 2.22. The lowest BCUT2D eigenvalue weighted by atomic mass is 10.2. The molecule has 0 aliphatic heterocycles. The van der Waals surface area contributed by atoms with E-state index in [2.05, 4.69) is 4.98 Å². The Bertz CT molecular complexity index is 1330. The molecule has 0 saturated carbocycles. The Hall–Kier alpha value is -3.81. The summed E-state index contributed by atoms with van der Waals surface area (Å²) in [6, 6.07) is 14.7. The highest BCUT2D eigenvalue weighted by atomic mass is 16.5. The third-order valence-electron chi connectivity index (χ3n) is 5.06. The molecule has 2 aromatic carbocycles. The number of nitrogens with zero attached hydrogens (tertiary/aromatic N) is 4. The van der Waals surface area contributed by atoms with Gasteiger partial charge in [-0.3, -0.25) is 9.36 Å². The van der Waals surface area contributed by atoms with E-state index in [1.807, 2.05) is 24.3 Å². The first-order valence-corrected chi connectivity index (χ1v) is 9.56. The highest BCUT2D eigenvalue weighted by molar-refractivity contribution is 5.72. The van der Waals surface area contributed by atoms with Gasteiger partial charge < -0.3 is 14.0 Å². The maximum atomic E-state index is 13.1. The minimum absolute atomic E-state index is 0.247. The van der Waals surface area contributed by atoms with Crippen LogP contribution in [0.2, 0.25) is 0 Å². The van der Waals surface area contributed by atoms with Crippen molar-refractivity contribution in [3.8, 4) is 17.2 Å². The molecule has 0 saturated heterocycles. The van der Waals surface area contributed by atoms with Gasteiger partial charge in [-0.1, -0.05) is 24.3 Å². The lowest BCUT2D eigenvalue weighted by molar-refractivity contribution is 0.408. The molecular weight excluding hydrogens is 384 g/mol. The molecule has 0 bridgehead atoms. The van der Waals surface area contributed by atoms with Gasteiger partial charge in [0.1, 0.15) is 11.5 Å². The number of fused-ring (bicyclic) bond motifs is 1. The molecule has 0 aliphatic rings. The Morgan fingerprint density at radius 3 is 2.53 bits per heavy atom. The Kier molecular flexibility index (Phi) is 5.14. The van der Waals surface area contributed by atoms with Crippen molar-refractivity contribution in [1.29, 1.82) is 0 Å². The number of para-hydroxylation sites is 1. The molecule has 0 aliphatic carbocycles. The first kappa shape index (κ1) is 19.5. The van der Waals surface area contributed by atoms with Crippen molar-refractivity contribution in [2.75, 3.05) is 14.2 Å².